The van der Waals surface area contributed by atoms with Gasteiger partial charge in [-0.25, -0.2) is 4.98 Å². The molecular weight excluding hydrogens is 262 g/mol. The number of nitrogens with zero attached hydrogens (tertiary/aromatic N) is 3. The predicted molar refractivity (Wildman–Crippen MR) is 84.2 cm³/mol. The molecule has 1 saturated heterocycles. The van der Waals surface area contributed by atoms with E-state index in [1.807, 2.05) is 25.5 Å². The van der Waals surface area contributed by atoms with Crippen LogP contribution in [0.2, 0.25) is 0 Å². The van der Waals surface area contributed by atoms with Gasteiger partial charge in [0.25, 0.3) is 0 Å². The van der Waals surface area contributed by atoms with Gasteiger partial charge in [-0.2, -0.15) is 5.10 Å². The van der Waals surface area contributed by atoms with Gasteiger partial charge in [-0.3, -0.25) is 10.00 Å². The van der Waals surface area contributed by atoms with Gasteiger partial charge in [0, 0.05) is 49.2 Å². The van der Waals surface area contributed by atoms with Crippen LogP contribution in [0.3, 0.4) is 0 Å². The molecule has 0 aromatic carbocycles. The number of H-pyrrole nitrogens is 1. The summed E-state index contributed by atoms with van der Waals surface area (Å²) in [7, 11) is 1.93. The SMILES string of the molecule is CNc1ncccc1CN1CCC[C@@](C)(c2ccn[nH]2)C1. The summed E-state index contributed by atoms with van der Waals surface area (Å²) in [6.07, 6.45) is 6.10. The Balaban J connectivity index is 1.75. The molecule has 0 saturated carbocycles. The molecule has 0 aliphatic carbocycles. The number of hydrogen-bond acceptors (Lipinski definition) is 4. The first kappa shape index (κ1) is 14.1. The second-order valence-electron chi connectivity index (χ2n) is 6.11. The van der Waals surface area contributed by atoms with Crippen LogP contribution in [0.4, 0.5) is 5.82 Å². The van der Waals surface area contributed by atoms with Gasteiger partial charge in [0.05, 0.1) is 0 Å². The van der Waals surface area contributed by atoms with Gasteiger partial charge in [-0.1, -0.05) is 13.0 Å². The Hall–Kier alpha value is -1.88. The van der Waals surface area contributed by atoms with E-state index < -0.39 is 0 Å². The molecule has 0 unspecified atom stereocenters. The first-order chi connectivity index (χ1) is 10.2. The van der Waals surface area contributed by atoms with Crippen molar-refractivity contribution in [1.82, 2.24) is 20.1 Å². The van der Waals surface area contributed by atoms with E-state index in [0.717, 1.165) is 25.5 Å². The van der Waals surface area contributed by atoms with Crippen LogP contribution in [0.25, 0.3) is 0 Å². The van der Waals surface area contributed by atoms with Crippen LogP contribution in [0.1, 0.15) is 31.0 Å². The number of aromatic amines is 1. The van der Waals surface area contributed by atoms with Crippen molar-refractivity contribution in [2.24, 2.45) is 0 Å². The summed E-state index contributed by atoms with van der Waals surface area (Å²) in [4.78, 5) is 6.91. The van der Waals surface area contributed by atoms with Crippen LogP contribution in [-0.2, 0) is 12.0 Å². The Kier molecular flexibility index (Phi) is 3.92. The first-order valence-corrected chi connectivity index (χ1v) is 7.55. The van der Waals surface area contributed by atoms with Crippen LogP contribution in [0.5, 0.6) is 0 Å². The van der Waals surface area contributed by atoms with E-state index in [0.29, 0.717) is 0 Å². The van der Waals surface area contributed by atoms with Crippen LogP contribution in [0, 0.1) is 0 Å². The van der Waals surface area contributed by atoms with Crippen molar-refractivity contribution in [3.05, 3.63) is 41.9 Å². The number of likely N-dealkylation sites (tertiary alicyclic amines) is 1. The summed E-state index contributed by atoms with van der Waals surface area (Å²) >= 11 is 0. The minimum Gasteiger partial charge on any atom is -0.373 e. The molecule has 0 radical (unpaired) electrons. The van der Waals surface area contributed by atoms with E-state index in [1.165, 1.54) is 24.1 Å². The van der Waals surface area contributed by atoms with Gasteiger partial charge in [-0.05, 0) is 31.5 Å². The number of pyridine rings is 1. The minimum atomic E-state index is 0.163. The molecule has 112 valence electrons. The average Bonchev–Trinajstić information content (AvgIpc) is 3.03. The molecule has 2 aromatic heterocycles. The summed E-state index contributed by atoms with van der Waals surface area (Å²) in [5, 5.41) is 10.4. The molecular formula is C16H23N5. The van der Waals surface area contributed by atoms with Crippen LogP contribution >= 0.6 is 0 Å². The van der Waals surface area contributed by atoms with Crippen molar-refractivity contribution in [3.63, 3.8) is 0 Å². The number of hydrogen-bond donors (Lipinski definition) is 2. The van der Waals surface area contributed by atoms with E-state index in [1.54, 1.807) is 0 Å². The maximum absolute atomic E-state index is 4.39. The van der Waals surface area contributed by atoms with Gasteiger partial charge in [0.15, 0.2) is 0 Å². The normalized spacial score (nSPS) is 23.1. The van der Waals surface area contributed by atoms with Crippen LogP contribution in [-0.4, -0.2) is 40.2 Å². The highest BCUT2D eigenvalue weighted by molar-refractivity contribution is 5.42. The highest BCUT2D eigenvalue weighted by Crippen LogP contribution is 2.33. The average molecular weight is 285 g/mol. The van der Waals surface area contributed by atoms with Gasteiger partial charge >= 0.3 is 0 Å². The molecule has 1 fully saturated rings. The first-order valence-electron chi connectivity index (χ1n) is 7.55. The molecule has 1 aliphatic heterocycles. The molecule has 3 rings (SSSR count). The number of rotatable bonds is 4. The Bertz CT molecular complexity index is 580. The fraction of sp³-hybridized carbons (Fsp3) is 0.500. The maximum atomic E-state index is 4.39. The Labute approximate surface area is 125 Å². The van der Waals surface area contributed by atoms with Crippen molar-refractivity contribution in [2.75, 3.05) is 25.5 Å². The second kappa shape index (κ2) is 5.85. The summed E-state index contributed by atoms with van der Waals surface area (Å²) in [5.41, 5.74) is 2.66. The Morgan fingerprint density at radius 1 is 1.38 bits per heavy atom. The number of anilines is 1. The third-order valence-electron chi connectivity index (χ3n) is 4.45. The minimum absolute atomic E-state index is 0.163. The van der Waals surface area contributed by atoms with E-state index in [9.17, 15) is 0 Å². The molecule has 0 spiro atoms. The lowest BCUT2D eigenvalue weighted by atomic mass is 9.79. The zero-order valence-electron chi connectivity index (χ0n) is 12.8. The lowest BCUT2D eigenvalue weighted by Gasteiger charge is -2.40. The number of piperidine rings is 1. The summed E-state index contributed by atoms with van der Waals surface area (Å²) in [5.74, 6) is 0.978. The van der Waals surface area contributed by atoms with Crippen LogP contribution < -0.4 is 5.32 Å². The molecule has 21 heavy (non-hydrogen) atoms. The number of aromatic nitrogens is 3. The summed E-state index contributed by atoms with van der Waals surface area (Å²) in [6, 6.07) is 6.27. The third-order valence-corrected chi connectivity index (χ3v) is 4.45. The fourth-order valence-corrected chi connectivity index (χ4v) is 3.32. The number of nitrogens with one attached hydrogen (secondary N) is 2. The predicted octanol–water partition coefficient (Wildman–Crippen LogP) is 2.40. The third kappa shape index (κ3) is 2.93. The Morgan fingerprint density at radius 3 is 3.05 bits per heavy atom. The van der Waals surface area contributed by atoms with E-state index in [4.69, 9.17) is 0 Å². The van der Waals surface area contributed by atoms with Gasteiger partial charge < -0.3 is 5.32 Å². The molecule has 0 bridgehead atoms. The van der Waals surface area contributed by atoms with Crippen molar-refractivity contribution >= 4 is 5.82 Å². The van der Waals surface area contributed by atoms with Crippen molar-refractivity contribution in [3.8, 4) is 0 Å². The molecule has 5 heteroatoms. The zero-order chi connectivity index (χ0) is 14.7. The van der Waals surface area contributed by atoms with Gasteiger partial charge in [-0.15, -0.1) is 0 Å². The topological polar surface area (TPSA) is 56.8 Å². The molecule has 5 nitrogen and oxygen atoms in total. The summed E-state index contributed by atoms with van der Waals surface area (Å²) in [6.45, 7) is 5.46. The van der Waals surface area contributed by atoms with Crippen LogP contribution in [0.15, 0.2) is 30.6 Å². The largest absolute Gasteiger partial charge is 0.373 e. The van der Waals surface area contributed by atoms with E-state index in [-0.39, 0.29) is 5.41 Å². The lowest BCUT2D eigenvalue weighted by molar-refractivity contribution is 0.147. The maximum Gasteiger partial charge on any atom is 0.130 e. The molecule has 0 amide bonds. The zero-order valence-corrected chi connectivity index (χ0v) is 12.8. The van der Waals surface area contributed by atoms with E-state index in [2.05, 4.69) is 44.5 Å². The highest BCUT2D eigenvalue weighted by atomic mass is 15.2. The molecule has 2 N–H and O–H groups in total. The summed E-state index contributed by atoms with van der Waals surface area (Å²) < 4.78 is 0. The second-order valence-corrected chi connectivity index (χ2v) is 6.11. The molecule has 1 aliphatic rings. The van der Waals surface area contributed by atoms with E-state index >= 15 is 0 Å². The van der Waals surface area contributed by atoms with Crippen molar-refractivity contribution in [2.45, 2.75) is 31.7 Å². The monoisotopic (exact) mass is 285 g/mol. The quantitative estimate of drug-likeness (QED) is 0.905. The van der Waals surface area contributed by atoms with Gasteiger partial charge in [0.2, 0.25) is 0 Å². The molecule has 2 aromatic rings. The van der Waals surface area contributed by atoms with Gasteiger partial charge in [0.1, 0.15) is 5.82 Å². The highest BCUT2D eigenvalue weighted by Gasteiger charge is 2.33. The lowest BCUT2D eigenvalue weighted by Crippen LogP contribution is -2.44. The van der Waals surface area contributed by atoms with Crippen molar-refractivity contribution in [1.29, 1.82) is 0 Å². The molecule has 3 heterocycles. The standard InChI is InChI=1S/C16H23N5/c1-16(14-6-9-19-20-14)7-4-10-21(12-16)11-13-5-3-8-18-15(13)17-2/h3,5-6,8-9H,4,7,10-12H2,1-2H3,(H,17,18)(H,19,20)/t16-/m1/s1. The molecule has 1 atom stereocenters. The van der Waals surface area contributed by atoms with Crippen molar-refractivity contribution < 1.29 is 0 Å². The smallest absolute Gasteiger partial charge is 0.130 e. The fourth-order valence-electron chi connectivity index (χ4n) is 3.32. The Morgan fingerprint density at radius 2 is 2.29 bits per heavy atom.